The summed E-state index contributed by atoms with van der Waals surface area (Å²) in [5.41, 5.74) is 4.44. The fraction of sp³-hybridized carbons (Fsp3) is 0.647. The largest absolute Gasteiger partial charge is 0.319 e. The van der Waals surface area contributed by atoms with Crippen molar-refractivity contribution < 1.29 is 0 Å². The molecule has 18 heavy (non-hydrogen) atoms. The lowest BCUT2D eigenvalue weighted by atomic mass is 9.75. The Morgan fingerprint density at radius 2 is 1.89 bits per heavy atom. The maximum absolute atomic E-state index is 3.41. The molecular weight excluding hydrogens is 218 g/mol. The van der Waals surface area contributed by atoms with Crippen molar-refractivity contribution in [1.29, 1.82) is 0 Å². The van der Waals surface area contributed by atoms with E-state index in [0.29, 0.717) is 5.92 Å². The van der Waals surface area contributed by atoms with Crippen molar-refractivity contribution in [1.82, 2.24) is 5.32 Å². The monoisotopic (exact) mass is 245 g/mol. The Hall–Kier alpha value is -0.820. The normalized spacial score (nSPS) is 18.8. The van der Waals surface area contributed by atoms with E-state index in [1.807, 2.05) is 0 Å². The van der Waals surface area contributed by atoms with Gasteiger partial charge in [0.15, 0.2) is 0 Å². The minimum atomic E-state index is 0.704. The molecule has 1 N–H and O–H groups in total. The lowest BCUT2D eigenvalue weighted by Gasteiger charge is -2.31. The highest BCUT2D eigenvalue weighted by Crippen LogP contribution is 2.37. The van der Waals surface area contributed by atoms with Crippen LogP contribution < -0.4 is 5.32 Å². The van der Waals surface area contributed by atoms with Crippen molar-refractivity contribution >= 4 is 0 Å². The first-order valence-electron chi connectivity index (χ1n) is 7.44. The first-order valence-corrected chi connectivity index (χ1v) is 7.44. The van der Waals surface area contributed by atoms with Crippen molar-refractivity contribution in [3.63, 3.8) is 0 Å². The van der Waals surface area contributed by atoms with Gasteiger partial charge in [-0.25, -0.2) is 0 Å². The molecule has 0 heterocycles. The van der Waals surface area contributed by atoms with Crippen molar-refractivity contribution in [2.75, 3.05) is 13.6 Å². The van der Waals surface area contributed by atoms with Crippen LogP contribution in [-0.2, 0) is 0 Å². The molecule has 1 atom stereocenters. The molecule has 0 spiro atoms. The second-order valence-corrected chi connectivity index (χ2v) is 5.92. The highest BCUT2D eigenvalue weighted by molar-refractivity contribution is 5.34. The third-order valence-corrected chi connectivity index (χ3v) is 4.48. The number of aryl methyl sites for hydroxylation is 2. The number of rotatable bonds is 4. The first-order chi connectivity index (χ1) is 8.72. The molecule has 0 saturated heterocycles. The first kappa shape index (κ1) is 13.6. The van der Waals surface area contributed by atoms with Gasteiger partial charge < -0.3 is 5.32 Å². The smallest absolute Gasteiger partial charge is 0.00199 e. The molecule has 1 aromatic rings. The molecule has 0 aromatic heterocycles. The van der Waals surface area contributed by atoms with Gasteiger partial charge in [-0.3, -0.25) is 0 Å². The van der Waals surface area contributed by atoms with E-state index in [4.69, 9.17) is 0 Å². The predicted octanol–water partition coefficient (Wildman–Crippen LogP) is 4.19. The molecule has 1 unspecified atom stereocenters. The van der Waals surface area contributed by atoms with E-state index in [1.165, 1.54) is 43.2 Å². The molecule has 1 fully saturated rings. The van der Waals surface area contributed by atoms with Crippen LogP contribution >= 0.6 is 0 Å². The molecule has 0 radical (unpaired) electrons. The van der Waals surface area contributed by atoms with Crippen LogP contribution in [0.4, 0.5) is 0 Å². The fourth-order valence-corrected chi connectivity index (χ4v) is 3.45. The summed E-state index contributed by atoms with van der Waals surface area (Å²) in [5, 5.41) is 3.41. The van der Waals surface area contributed by atoms with Crippen molar-refractivity contribution in [3.8, 4) is 0 Å². The molecule has 1 heteroatoms. The zero-order chi connectivity index (χ0) is 13.0. The van der Waals surface area contributed by atoms with Crippen LogP contribution in [0.25, 0.3) is 0 Å². The van der Waals surface area contributed by atoms with Crippen LogP contribution in [0.2, 0.25) is 0 Å². The standard InChI is InChI=1S/C17H27N/c1-13-9-10-14(2)16(11-13)17(12-18-3)15-7-5-4-6-8-15/h9-11,15,17-18H,4-8,12H2,1-3H3. The third kappa shape index (κ3) is 3.14. The summed E-state index contributed by atoms with van der Waals surface area (Å²) in [6.07, 6.45) is 7.13. The minimum Gasteiger partial charge on any atom is -0.319 e. The zero-order valence-corrected chi connectivity index (χ0v) is 12.1. The van der Waals surface area contributed by atoms with Crippen LogP contribution in [-0.4, -0.2) is 13.6 Å². The quantitative estimate of drug-likeness (QED) is 0.839. The van der Waals surface area contributed by atoms with Crippen LogP contribution in [0.1, 0.15) is 54.7 Å². The van der Waals surface area contributed by atoms with Gasteiger partial charge in [0.25, 0.3) is 0 Å². The van der Waals surface area contributed by atoms with E-state index in [9.17, 15) is 0 Å². The van der Waals surface area contributed by atoms with Gasteiger partial charge in [-0.2, -0.15) is 0 Å². The van der Waals surface area contributed by atoms with E-state index >= 15 is 0 Å². The SMILES string of the molecule is CNCC(c1cc(C)ccc1C)C1CCCCC1. The highest BCUT2D eigenvalue weighted by Gasteiger charge is 2.25. The fourth-order valence-electron chi connectivity index (χ4n) is 3.45. The lowest BCUT2D eigenvalue weighted by Crippen LogP contribution is -2.26. The molecule has 2 rings (SSSR count). The van der Waals surface area contributed by atoms with Gasteiger partial charge in [0, 0.05) is 6.54 Å². The van der Waals surface area contributed by atoms with Gasteiger partial charge >= 0.3 is 0 Å². The molecule has 1 aromatic carbocycles. The van der Waals surface area contributed by atoms with Crippen LogP contribution in [0.15, 0.2) is 18.2 Å². The number of likely N-dealkylation sites (N-methyl/N-ethyl adjacent to an activating group) is 1. The van der Waals surface area contributed by atoms with Crippen molar-refractivity contribution in [3.05, 3.63) is 34.9 Å². The van der Waals surface area contributed by atoms with Gasteiger partial charge in [-0.05, 0) is 56.7 Å². The molecule has 1 aliphatic rings. The predicted molar refractivity (Wildman–Crippen MR) is 79.2 cm³/mol. The van der Waals surface area contributed by atoms with E-state index in [-0.39, 0.29) is 0 Å². The van der Waals surface area contributed by atoms with E-state index < -0.39 is 0 Å². The summed E-state index contributed by atoms with van der Waals surface area (Å²) >= 11 is 0. The average molecular weight is 245 g/mol. The van der Waals surface area contributed by atoms with E-state index in [0.717, 1.165) is 12.5 Å². The second-order valence-electron chi connectivity index (χ2n) is 5.92. The van der Waals surface area contributed by atoms with Crippen LogP contribution in [0, 0.1) is 19.8 Å². The van der Waals surface area contributed by atoms with Gasteiger partial charge in [0.05, 0.1) is 0 Å². The molecule has 1 nitrogen and oxygen atoms in total. The van der Waals surface area contributed by atoms with Gasteiger partial charge in [-0.15, -0.1) is 0 Å². The Morgan fingerprint density at radius 3 is 2.56 bits per heavy atom. The molecular formula is C17H27N. The summed E-state index contributed by atoms with van der Waals surface area (Å²) in [7, 11) is 2.08. The Labute approximate surface area is 112 Å². The van der Waals surface area contributed by atoms with E-state index in [2.05, 4.69) is 44.4 Å². The molecule has 0 aliphatic heterocycles. The number of hydrogen-bond acceptors (Lipinski definition) is 1. The summed E-state index contributed by atoms with van der Waals surface area (Å²) in [6.45, 7) is 5.59. The summed E-state index contributed by atoms with van der Waals surface area (Å²) in [6, 6.07) is 6.93. The van der Waals surface area contributed by atoms with Gasteiger partial charge in [-0.1, -0.05) is 43.0 Å². The average Bonchev–Trinajstić information content (AvgIpc) is 2.40. The van der Waals surface area contributed by atoms with E-state index in [1.54, 1.807) is 5.56 Å². The maximum atomic E-state index is 3.41. The number of benzene rings is 1. The lowest BCUT2D eigenvalue weighted by molar-refractivity contribution is 0.299. The molecule has 1 saturated carbocycles. The molecule has 0 bridgehead atoms. The second kappa shape index (κ2) is 6.38. The number of nitrogens with one attached hydrogen (secondary N) is 1. The topological polar surface area (TPSA) is 12.0 Å². The molecule has 1 aliphatic carbocycles. The summed E-state index contributed by atoms with van der Waals surface area (Å²) in [4.78, 5) is 0. The molecule has 100 valence electrons. The van der Waals surface area contributed by atoms with Gasteiger partial charge in [0.1, 0.15) is 0 Å². The van der Waals surface area contributed by atoms with Gasteiger partial charge in [0.2, 0.25) is 0 Å². The van der Waals surface area contributed by atoms with Crippen molar-refractivity contribution in [2.45, 2.75) is 51.9 Å². The zero-order valence-electron chi connectivity index (χ0n) is 12.1. The Morgan fingerprint density at radius 1 is 1.17 bits per heavy atom. The summed E-state index contributed by atoms with van der Waals surface area (Å²) in [5.74, 6) is 1.59. The third-order valence-electron chi connectivity index (χ3n) is 4.48. The van der Waals surface area contributed by atoms with Crippen LogP contribution in [0.5, 0.6) is 0 Å². The highest BCUT2D eigenvalue weighted by atomic mass is 14.8. The maximum Gasteiger partial charge on any atom is 0.00199 e. The minimum absolute atomic E-state index is 0.704. The number of hydrogen-bond donors (Lipinski definition) is 1. The Balaban J connectivity index is 2.24. The Kier molecular flexibility index (Phi) is 4.82. The summed E-state index contributed by atoms with van der Waals surface area (Å²) < 4.78 is 0. The Bertz CT molecular complexity index is 377. The van der Waals surface area contributed by atoms with Crippen LogP contribution in [0.3, 0.4) is 0 Å². The van der Waals surface area contributed by atoms with Crippen molar-refractivity contribution in [2.24, 2.45) is 5.92 Å². The molecule has 0 amide bonds.